The van der Waals surface area contributed by atoms with Gasteiger partial charge in [0.1, 0.15) is 11.8 Å². The van der Waals surface area contributed by atoms with Crippen LogP contribution in [0.15, 0.2) is 30.6 Å². The molecule has 1 aromatic carbocycles. The molecule has 28 heavy (non-hydrogen) atoms. The zero-order chi connectivity index (χ0) is 20.3. The number of nitriles is 1. The minimum Gasteiger partial charge on any atom is -0.424 e. The average Bonchev–Trinajstić information content (AvgIpc) is 2.62. The number of fused-ring (bicyclic) bond motifs is 1. The summed E-state index contributed by atoms with van der Waals surface area (Å²) < 4.78 is 43.5. The van der Waals surface area contributed by atoms with Gasteiger partial charge in [-0.05, 0) is 37.5 Å². The topological polar surface area (TPSA) is 71.7 Å². The molecule has 0 aliphatic carbocycles. The molecule has 0 aliphatic rings. The van der Waals surface area contributed by atoms with E-state index in [-0.39, 0.29) is 24.4 Å². The van der Waals surface area contributed by atoms with Crippen molar-refractivity contribution in [3.8, 4) is 17.8 Å². The smallest absolute Gasteiger partial charge is 0.389 e. The number of alkyl halides is 3. The molecule has 2 heterocycles. The monoisotopic (exact) mass is 406 g/mol. The zero-order valence-electron chi connectivity index (χ0n) is 14.7. The standard InChI is InChI=1S/C19H14ClF3N4O/c1-11-14(8-24)13(4-3-7-19(21,22)23)17-15(27-11)5-2-6-16(17)28-18-25-9-12(20)10-26-18/h2,5-6,9-10H,3-4,7H2,1H3. The lowest BCUT2D eigenvalue weighted by molar-refractivity contribution is -0.135. The Balaban J connectivity index is 2.09. The van der Waals surface area contributed by atoms with E-state index in [1.807, 2.05) is 0 Å². The number of hydrogen-bond donors (Lipinski definition) is 0. The van der Waals surface area contributed by atoms with Gasteiger partial charge in [-0.2, -0.15) is 18.4 Å². The summed E-state index contributed by atoms with van der Waals surface area (Å²) >= 11 is 5.77. The Hall–Kier alpha value is -2.92. The van der Waals surface area contributed by atoms with Crippen molar-refractivity contribution < 1.29 is 17.9 Å². The van der Waals surface area contributed by atoms with Crippen LogP contribution in [0.3, 0.4) is 0 Å². The fourth-order valence-electron chi connectivity index (χ4n) is 2.90. The van der Waals surface area contributed by atoms with E-state index < -0.39 is 12.6 Å². The van der Waals surface area contributed by atoms with Crippen LogP contribution in [0.25, 0.3) is 10.9 Å². The van der Waals surface area contributed by atoms with Crippen molar-refractivity contribution in [1.29, 1.82) is 5.26 Å². The Morgan fingerprint density at radius 2 is 1.93 bits per heavy atom. The number of ether oxygens (including phenoxy) is 1. The number of aromatic nitrogens is 3. The maximum Gasteiger partial charge on any atom is 0.389 e. The lowest BCUT2D eigenvalue weighted by Crippen LogP contribution is -2.08. The molecule has 0 unspecified atom stereocenters. The minimum atomic E-state index is -4.26. The number of rotatable bonds is 5. The van der Waals surface area contributed by atoms with Gasteiger partial charge in [0.2, 0.25) is 0 Å². The molecule has 0 N–H and O–H groups in total. The Kier molecular flexibility index (Phi) is 5.66. The maximum atomic E-state index is 12.6. The predicted molar refractivity (Wildman–Crippen MR) is 97.3 cm³/mol. The van der Waals surface area contributed by atoms with Crippen LogP contribution in [0, 0.1) is 18.3 Å². The van der Waals surface area contributed by atoms with Gasteiger partial charge in [-0.15, -0.1) is 0 Å². The number of hydrogen-bond acceptors (Lipinski definition) is 5. The molecule has 0 radical (unpaired) electrons. The third-order valence-electron chi connectivity index (χ3n) is 4.05. The maximum absolute atomic E-state index is 12.6. The van der Waals surface area contributed by atoms with Crippen molar-refractivity contribution >= 4 is 22.5 Å². The van der Waals surface area contributed by atoms with E-state index in [1.165, 1.54) is 12.4 Å². The van der Waals surface area contributed by atoms with Crippen LogP contribution in [-0.2, 0) is 6.42 Å². The van der Waals surface area contributed by atoms with Crippen molar-refractivity contribution in [2.75, 3.05) is 0 Å². The van der Waals surface area contributed by atoms with E-state index >= 15 is 0 Å². The summed E-state index contributed by atoms with van der Waals surface area (Å²) in [6, 6.07) is 7.12. The second-order valence-corrected chi connectivity index (χ2v) is 6.50. The van der Waals surface area contributed by atoms with Gasteiger partial charge in [-0.3, -0.25) is 4.98 Å². The van der Waals surface area contributed by atoms with Crippen molar-refractivity contribution in [2.24, 2.45) is 0 Å². The average molecular weight is 407 g/mol. The summed E-state index contributed by atoms with van der Waals surface area (Å²) in [5, 5.41) is 10.3. The highest BCUT2D eigenvalue weighted by atomic mass is 35.5. The van der Waals surface area contributed by atoms with Crippen molar-refractivity contribution in [1.82, 2.24) is 15.0 Å². The SMILES string of the molecule is Cc1nc2cccc(Oc3ncc(Cl)cn3)c2c(CCCC(F)(F)F)c1C#N. The summed E-state index contributed by atoms with van der Waals surface area (Å²) in [7, 11) is 0. The van der Waals surface area contributed by atoms with E-state index in [9.17, 15) is 18.4 Å². The summed E-state index contributed by atoms with van der Waals surface area (Å²) in [5.41, 5.74) is 1.70. The van der Waals surface area contributed by atoms with Crippen LogP contribution in [0.1, 0.15) is 29.7 Å². The summed E-state index contributed by atoms with van der Waals surface area (Å²) in [6.45, 7) is 1.65. The van der Waals surface area contributed by atoms with Crippen molar-refractivity contribution in [2.45, 2.75) is 32.4 Å². The third kappa shape index (κ3) is 4.49. The number of nitrogens with zero attached hydrogens (tertiary/aromatic N) is 4. The van der Waals surface area contributed by atoms with Gasteiger partial charge in [0.05, 0.1) is 34.2 Å². The summed E-state index contributed by atoms with van der Waals surface area (Å²) in [5.74, 6) is 0.311. The van der Waals surface area contributed by atoms with Gasteiger partial charge in [-0.1, -0.05) is 17.7 Å². The van der Waals surface area contributed by atoms with Crippen LogP contribution < -0.4 is 4.74 Å². The van der Waals surface area contributed by atoms with Crippen molar-refractivity contribution in [3.63, 3.8) is 0 Å². The van der Waals surface area contributed by atoms with Crippen LogP contribution in [0.2, 0.25) is 5.02 Å². The predicted octanol–water partition coefficient (Wildman–Crippen LogP) is 5.54. The molecule has 3 rings (SSSR count). The molecule has 5 nitrogen and oxygen atoms in total. The first-order valence-electron chi connectivity index (χ1n) is 8.33. The first kappa shape index (κ1) is 19.8. The third-order valence-corrected chi connectivity index (χ3v) is 4.25. The summed E-state index contributed by atoms with van der Waals surface area (Å²) in [4.78, 5) is 12.3. The van der Waals surface area contributed by atoms with Gasteiger partial charge in [0.15, 0.2) is 0 Å². The molecule has 0 saturated carbocycles. The molecule has 0 amide bonds. The molecular weight excluding hydrogens is 393 g/mol. The van der Waals surface area contributed by atoms with E-state index in [1.54, 1.807) is 25.1 Å². The Labute approximate surface area is 163 Å². The molecule has 9 heteroatoms. The van der Waals surface area contributed by atoms with Gasteiger partial charge in [0.25, 0.3) is 0 Å². The van der Waals surface area contributed by atoms with E-state index in [0.717, 1.165) is 0 Å². The van der Waals surface area contributed by atoms with Crippen LogP contribution in [0.4, 0.5) is 13.2 Å². The molecule has 2 aromatic heterocycles. The highest BCUT2D eigenvalue weighted by Crippen LogP contribution is 2.35. The molecule has 144 valence electrons. The first-order valence-corrected chi connectivity index (χ1v) is 8.71. The van der Waals surface area contributed by atoms with E-state index in [4.69, 9.17) is 16.3 Å². The minimum absolute atomic E-state index is 0.0252. The van der Waals surface area contributed by atoms with Crippen LogP contribution in [0.5, 0.6) is 11.8 Å². The van der Waals surface area contributed by atoms with E-state index in [0.29, 0.717) is 32.9 Å². The Morgan fingerprint density at radius 1 is 1.21 bits per heavy atom. The molecule has 0 spiro atoms. The highest BCUT2D eigenvalue weighted by molar-refractivity contribution is 6.30. The zero-order valence-corrected chi connectivity index (χ0v) is 15.5. The summed E-state index contributed by atoms with van der Waals surface area (Å²) in [6.07, 6.45) is -2.57. The largest absolute Gasteiger partial charge is 0.424 e. The quantitative estimate of drug-likeness (QED) is 0.556. The van der Waals surface area contributed by atoms with Gasteiger partial charge in [-0.25, -0.2) is 9.97 Å². The van der Waals surface area contributed by atoms with Gasteiger partial charge < -0.3 is 4.74 Å². The van der Waals surface area contributed by atoms with Gasteiger partial charge in [0, 0.05) is 11.8 Å². The Bertz CT molecular complexity index is 1050. The number of pyridine rings is 1. The normalized spacial score (nSPS) is 11.4. The fraction of sp³-hybridized carbons (Fsp3) is 0.263. The van der Waals surface area contributed by atoms with Crippen LogP contribution >= 0.6 is 11.6 Å². The molecule has 0 bridgehead atoms. The molecule has 0 atom stereocenters. The van der Waals surface area contributed by atoms with Crippen LogP contribution in [-0.4, -0.2) is 21.1 Å². The molecule has 0 saturated heterocycles. The number of aryl methyl sites for hydroxylation is 2. The number of halogens is 4. The lowest BCUT2D eigenvalue weighted by atomic mass is 9.96. The molecule has 0 aliphatic heterocycles. The Morgan fingerprint density at radius 3 is 2.57 bits per heavy atom. The second-order valence-electron chi connectivity index (χ2n) is 6.07. The highest BCUT2D eigenvalue weighted by Gasteiger charge is 2.27. The van der Waals surface area contributed by atoms with E-state index in [2.05, 4.69) is 21.0 Å². The fourth-order valence-corrected chi connectivity index (χ4v) is 2.99. The molecule has 0 fully saturated rings. The second kappa shape index (κ2) is 7.98. The first-order chi connectivity index (χ1) is 13.3. The number of benzene rings is 1. The molecular formula is C19H14ClF3N4O. The lowest BCUT2D eigenvalue weighted by Gasteiger charge is -2.15. The molecule has 3 aromatic rings. The van der Waals surface area contributed by atoms with Gasteiger partial charge >= 0.3 is 12.2 Å². The van der Waals surface area contributed by atoms with Crippen molar-refractivity contribution in [3.05, 3.63) is 52.4 Å².